The second-order valence-electron chi connectivity index (χ2n) is 9.23. The second-order valence-corrected chi connectivity index (χ2v) is 10.2. The minimum atomic E-state index is -4.77. The monoisotopic (exact) mass is 575 g/mol. The number of anilines is 1. The summed E-state index contributed by atoms with van der Waals surface area (Å²) in [6.45, 7) is 2.44. The Morgan fingerprint density at radius 1 is 1.20 bits per heavy atom. The van der Waals surface area contributed by atoms with Crippen LogP contribution in [0.4, 0.5) is 19.0 Å². The number of alkyl halides is 3. The number of aromatic nitrogens is 7. The number of aryl methyl sites for hydroxylation is 1. The highest BCUT2D eigenvalue weighted by Crippen LogP contribution is 2.45. The number of hydrogen-bond donors (Lipinski definition) is 2. The van der Waals surface area contributed by atoms with Crippen LogP contribution < -0.4 is 20.8 Å². The quantitative estimate of drug-likeness (QED) is 0.319. The summed E-state index contributed by atoms with van der Waals surface area (Å²) in [7, 11) is -0.356. The molecule has 4 aromatic heterocycles. The van der Waals surface area contributed by atoms with Crippen LogP contribution in [0.15, 0.2) is 34.5 Å². The predicted octanol–water partition coefficient (Wildman–Crippen LogP) is 2.95. The molecular weight excluding hydrogens is 551 g/mol. The van der Waals surface area contributed by atoms with E-state index in [2.05, 4.69) is 35.2 Å². The molecule has 0 amide bonds. The second kappa shape index (κ2) is 10.5. The van der Waals surface area contributed by atoms with Crippen molar-refractivity contribution < 1.29 is 22.1 Å². The first-order chi connectivity index (χ1) is 19.0. The van der Waals surface area contributed by atoms with E-state index >= 15 is 0 Å². The minimum absolute atomic E-state index is 0.0000778. The van der Waals surface area contributed by atoms with Crippen LogP contribution in [-0.4, -0.2) is 52.0 Å². The van der Waals surface area contributed by atoms with Crippen molar-refractivity contribution >= 4 is 28.0 Å². The molecule has 0 radical (unpaired) electrons. The molecule has 3 N–H and O–H groups in total. The molecule has 12 nitrogen and oxygen atoms in total. The van der Waals surface area contributed by atoms with Crippen LogP contribution in [-0.2, 0) is 17.5 Å². The Bertz CT molecular complexity index is 1680. The molecule has 0 saturated heterocycles. The fourth-order valence-corrected chi connectivity index (χ4v) is 4.55. The molecule has 4 heterocycles. The molecule has 5 rings (SSSR count). The molecule has 2 unspecified atom stereocenters. The van der Waals surface area contributed by atoms with E-state index in [1.54, 1.807) is 13.0 Å². The van der Waals surface area contributed by atoms with E-state index in [0.29, 0.717) is 21.4 Å². The van der Waals surface area contributed by atoms with E-state index in [9.17, 15) is 22.2 Å². The molecular formula is C24H24F3N9O3S. The molecule has 1 aliphatic carbocycles. The van der Waals surface area contributed by atoms with Gasteiger partial charge in [0, 0.05) is 18.7 Å². The van der Waals surface area contributed by atoms with Crippen molar-refractivity contribution in [2.24, 2.45) is 5.14 Å². The van der Waals surface area contributed by atoms with E-state index < -0.39 is 28.8 Å². The Balaban J connectivity index is 1.66. The summed E-state index contributed by atoms with van der Waals surface area (Å²) >= 11 is 0. The van der Waals surface area contributed by atoms with Crippen LogP contribution >= 0.6 is 0 Å². The minimum Gasteiger partial charge on any atom is -0.480 e. The first-order valence-electron chi connectivity index (χ1n) is 12.1. The van der Waals surface area contributed by atoms with Crippen molar-refractivity contribution in [2.45, 2.75) is 56.4 Å². The average Bonchev–Trinajstić information content (AvgIpc) is 3.76. The molecule has 2 atom stereocenters. The zero-order valence-electron chi connectivity index (χ0n) is 21.6. The smallest absolute Gasteiger partial charge is 0.409 e. The van der Waals surface area contributed by atoms with Crippen molar-refractivity contribution in [2.75, 3.05) is 12.4 Å². The lowest BCUT2D eigenvalue weighted by Gasteiger charge is -2.22. The van der Waals surface area contributed by atoms with Gasteiger partial charge in [0.25, 0.3) is 5.56 Å². The number of ether oxygens (including phenoxy) is 1. The topological polar surface area (TPSA) is 164 Å². The average molecular weight is 576 g/mol. The van der Waals surface area contributed by atoms with Crippen molar-refractivity contribution in [3.05, 3.63) is 52.0 Å². The Hall–Kier alpha value is -4.05. The highest BCUT2D eigenvalue weighted by molar-refractivity contribution is 7.82. The van der Waals surface area contributed by atoms with Gasteiger partial charge in [0.2, 0.25) is 5.88 Å². The number of halogens is 3. The van der Waals surface area contributed by atoms with Crippen molar-refractivity contribution in [1.82, 2.24) is 34.5 Å². The van der Waals surface area contributed by atoms with Crippen molar-refractivity contribution in [1.29, 1.82) is 0 Å². The Morgan fingerprint density at radius 2 is 1.95 bits per heavy atom. The molecule has 4 aromatic rings. The summed E-state index contributed by atoms with van der Waals surface area (Å²) in [5.74, 6) is 0.0188. The number of rotatable bonds is 8. The maximum Gasteiger partial charge on any atom is 0.409 e. The SMILES string of the molecule is COc1ncnc(C2CC2)c1-c1nc(C)c2nc(NCc3ccc(S(N)=O)nc3)c(=O)n(C(C)C(F)(F)F)c2n1. The standard InChI is InChI=1S/C24H24F3N9O3S/c1-11-17-21(35-19(33-11)16-18(14-5-6-14)31-10-32-22(16)39-3)36(12(2)24(25,26)27)23(37)20(34-17)30-9-13-4-7-15(29-8-13)40(28)38/h4,7-8,10,12,14H,5-6,9,28H2,1-3H3,(H,30,34). The molecule has 210 valence electrons. The van der Waals surface area contributed by atoms with Gasteiger partial charge in [-0.25, -0.2) is 39.3 Å². The van der Waals surface area contributed by atoms with Gasteiger partial charge in [-0.15, -0.1) is 0 Å². The van der Waals surface area contributed by atoms with E-state index in [1.165, 1.54) is 25.7 Å². The van der Waals surface area contributed by atoms with Crippen molar-refractivity contribution in [3.63, 3.8) is 0 Å². The number of nitrogens with one attached hydrogen (secondary N) is 1. The van der Waals surface area contributed by atoms with Crippen molar-refractivity contribution in [3.8, 4) is 17.3 Å². The number of fused-ring (bicyclic) bond motifs is 1. The van der Waals surface area contributed by atoms with Crippen LogP contribution in [0.1, 0.15) is 48.7 Å². The summed E-state index contributed by atoms with van der Waals surface area (Å²) in [6.07, 6.45) is -0.260. The summed E-state index contributed by atoms with van der Waals surface area (Å²) in [5, 5.41) is 8.25. The van der Waals surface area contributed by atoms with Crippen LogP contribution in [0, 0.1) is 6.92 Å². The van der Waals surface area contributed by atoms with Gasteiger partial charge < -0.3 is 10.1 Å². The van der Waals surface area contributed by atoms with Crippen LogP contribution in [0.2, 0.25) is 0 Å². The lowest BCUT2D eigenvalue weighted by Crippen LogP contribution is -2.35. The number of nitrogens with two attached hydrogens (primary N) is 1. The fourth-order valence-electron chi connectivity index (χ4n) is 4.19. The molecule has 0 spiro atoms. The first kappa shape index (κ1) is 27.5. The third kappa shape index (κ3) is 5.23. The highest BCUT2D eigenvalue weighted by atomic mass is 32.2. The number of pyridine rings is 1. The van der Waals surface area contributed by atoms with Gasteiger partial charge in [-0.2, -0.15) is 13.2 Å². The van der Waals surface area contributed by atoms with Crippen LogP contribution in [0.25, 0.3) is 22.6 Å². The van der Waals surface area contributed by atoms with Gasteiger partial charge >= 0.3 is 6.18 Å². The summed E-state index contributed by atoms with van der Waals surface area (Å²) in [6, 6.07) is 0.790. The highest BCUT2D eigenvalue weighted by Gasteiger charge is 2.40. The third-order valence-corrected chi connectivity index (χ3v) is 7.11. The van der Waals surface area contributed by atoms with E-state index in [-0.39, 0.29) is 51.9 Å². The maximum atomic E-state index is 14.0. The molecule has 1 aliphatic rings. The molecule has 40 heavy (non-hydrogen) atoms. The van der Waals surface area contributed by atoms with Gasteiger partial charge in [-0.05, 0) is 38.3 Å². The first-order valence-corrected chi connectivity index (χ1v) is 13.3. The van der Waals surface area contributed by atoms with Gasteiger partial charge in [0.05, 0.1) is 18.5 Å². The molecule has 16 heteroatoms. The van der Waals surface area contributed by atoms with Crippen LogP contribution in [0.5, 0.6) is 5.88 Å². The van der Waals surface area contributed by atoms with Gasteiger partial charge in [-0.3, -0.25) is 9.36 Å². The Labute approximate surface area is 227 Å². The van der Waals surface area contributed by atoms with E-state index in [1.807, 2.05) is 0 Å². The number of hydrogen-bond acceptors (Lipinski definition) is 10. The van der Waals surface area contributed by atoms with Gasteiger partial charge in [-0.1, -0.05) is 6.07 Å². The zero-order chi connectivity index (χ0) is 28.8. The lowest BCUT2D eigenvalue weighted by molar-refractivity contribution is -0.162. The van der Waals surface area contributed by atoms with Gasteiger partial charge in [0.1, 0.15) is 39.5 Å². The largest absolute Gasteiger partial charge is 0.480 e. The van der Waals surface area contributed by atoms with E-state index in [4.69, 9.17) is 9.88 Å². The van der Waals surface area contributed by atoms with Gasteiger partial charge in [0.15, 0.2) is 17.3 Å². The molecule has 1 fully saturated rings. The predicted molar refractivity (Wildman–Crippen MR) is 139 cm³/mol. The normalized spacial score (nSPS) is 15.2. The molecule has 0 aliphatic heterocycles. The Kier molecular flexibility index (Phi) is 7.22. The summed E-state index contributed by atoms with van der Waals surface area (Å²) in [4.78, 5) is 39.2. The molecule has 0 aromatic carbocycles. The fraction of sp³-hybridized carbons (Fsp3) is 0.375. The van der Waals surface area contributed by atoms with Crippen LogP contribution in [0.3, 0.4) is 0 Å². The molecule has 1 saturated carbocycles. The number of methoxy groups -OCH3 is 1. The summed E-state index contributed by atoms with van der Waals surface area (Å²) in [5.41, 5.74) is 0.506. The zero-order valence-corrected chi connectivity index (χ0v) is 22.4. The lowest BCUT2D eigenvalue weighted by atomic mass is 10.1. The third-order valence-electron chi connectivity index (χ3n) is 6.46. The number of nitrogens with zero attached hydrogens (tertiary/aromatic N) is 7. The summed E-state index contributed by atoms with van der Waals surface area (Å²) < 4.78 is 59.4. The maximum absolute atomic E-state index is 14.0. The Morgan fingerprint density at radius 3 is 2.55 bits per heavy atom. The van der Waals surface area contributed by atoms with E-state index in [0.717, 1.165) is 19.8 Å². The molecule has 0 bridgehead atoms.